The van der Waals surface area contributed by atoms with Gasteiger partial charge in [0.15, 0.2) is 0 Å². The van der Waals surface area contributed by atoms with Crippen molar-refractivity contribution in [3.63, 3.8) is 0 Å². The van der Waals surface area contributed by atoms with Gasteiger partial charge in [-0.2, -0.15) is 0 Å². The Hall–Kier alpha value is -5.28. The van der Waals surface area contributed by atoms with Crippen molar-refractivity contribution in [2.24, 2.45) is 0 Å². The molecule has 3 nitrogen and oxygen atoms in total. The number of furan rings is 1. The molecule has 0 bridgehead atoms. The van der Waals surface area contributed by atoms with Crippen molar-refractivity contribution in [2.45, 2.75) is 0 Å². The molecular weight excluding hydrogens is 476 g/mol. The van der Waals surface area contributed by atoms with E-state index in [2.05, 4.69) is 124 Å². The van der Waals surface area contributed by atoms with Crippen molar-refractivity contribution in [2.75, 3.05) is 0 Å². The molecule has 180 valence electrons. The third-order valence-corrected chi connectivity index (χ3v) is 8.62. The molecule has 0 fully saturated rings. The van der Waals surface area contributed by atoms with E-state index in [4.69, 9.17) is 4.42 Å². The number of para-hydroxylation sites is 4. The van der Waals surface area contributed by atoms with Gasteiger partial charge < -0.3 is 13.4 Å². The smallest absolute Gasteiger partial charge is 0.136 e. The molecule has 6 aromatic carbocycles. The second kappa shape index (κ2) is 6.77. The summed E-state index contributed by atoms with van der Waals surface area (Å²) in [5.41, 5.74) is 9.23. The Labute approximate surface area is 222 Å². The van der Waals surface area contributed by atoms with Crippen molar-refractivity contribution in [1.29, 1.82) is 0 Å². The highest BCUT2D eigenvalue weighted by atomic mass is 16.3. The fourth-order valence-electron chi connectivity index (χ4n) is 7.17. The van der Waals surface area contributed by atoms with E-state index in [1.807, 2.05) is 6.07 Å². The highest BCUT2D eigenvalue weighted by Crippen LogP contribution is 2.48. The van der Waals surface area contributed by atoms with Crippen molar-refractivity contribution in [3.05, 3.63) is 121 Å². The number of hydrogen-bond acceptors (Lipinski definition) is 1. The lowest BCUT2D eigenvalue weighted by molar-refractivity contribution is 0.669. The third-order valence-electron chi connectivity index (χ3n) is 8.62. The molecule has 4 aromatic heterocycles. The molecule has 0 radical (unpaired) electrons. The zero-order valence-corrected chi connectivity index (χ0v) is 20.8. The second-order valence-electron chi connectivity index (χ2n) is 10.5. The van der Waals surface area contributed by atoms with Gasteiger partial charge in [-0.05, 0) is 48.5 Å². The average Bonchev–Trinajstić information content (AvgIpc) is 3.71. The SMILES string of the molecule is c1ccc(-n2c3ccccc3c3c4c5ccccc5n5c6ccc7oc8ccccc8c7c6c(cc32)c45)cc1. The Balaban J connectivity index is 1.58. The van der Waals surface area contributed by atoms with E-state index in [9.17, 15) is 0 Å². The van der Waals surface area contributed by atoms with Gasteiger partial charge in [0.1, 0.15) is 11.2 Å². The largest absolute Gasteiger partial charge is 0.456 e. The molecule has 10 aromatic rings. The molecule has 39 heavy (non-hydrogen) atoms. The van der Waals surface area contributed by atoms with Gasteiger partial charge in [0.25, 0.3) is 0 Å². The van der Waals surface area contributed by atoms with Gasteiger partial charge in [-0.1, -0.05) is 72.8 Å². The average molecular weight is 497 g/mol. The Morgan fingerprint density at radius 3 is 1.92 bits per heavy atom. The first-order valence-corrected chi connectivity index (χ1v) is 13.4. The molecule has 3 heteroatoms. The van der Waals surface area contributed by atoms with Crippen LogP contribution in [0.2, 0.25) is 0 Å². The molecule has 0 saturated heterocycles. The quantitative estimate of drug-likeness (QED) is 0.222. The summed E-state index contributed by atoms with van der Waals surface area (Å²) >= 11 is 0. The number of aromatic nitrogens is 2. The van der Waals surface area contributed by atoms with Crippen LogP contribution in [0.3, 0.4) is 0 Å². The fraction of sp³-hybridized carbons (Fsp3) is 0. The van der Waals surface area contributed by atoms with Crippen molar-refractivity contribution >= 4 is 81.8 Å². The van der Waals surface area contributed by atoms with Crippen molar-refractivity contribution in [3.8, 4) is 5.69 Å². The van der Waals surface area contributed by atoms with E-state index in [1.165, 1.54) is 71.0 Å². The normalized spacial score (nSPS) is 12.6. The first kappa shape index (κ1) is 19.8. The molecule has 0 aliphatic heterocycles. The van der Waals surface area contributed by atoms with Crippen LogP contribution >= 0.6 is 0 Å². The van der Waals surface area contributed by atoms with Crippen molar-refractivity contribution in [1.82, 2.24) is 8.97 Å². The summed E-state index contributed by atoms with van der Waals surface area (Å²) in [5.74, 6) is 0. The molecule has 0 unspecified atom stereocenters. The molecule has 10 rings (SSSR count). The van der Waals surface area contributed by atoms with Gasteiger partial charge in [-0.15, -0.1) is 0 Å². The Morgan fingerprint density at radius 2 is 1.08 bits per heavy atom. The zero-order chi connectivity index (χ0) is 25.2. The first-order valence-electron chi connectivity index (χ1n) is 13.4. The van der Waals surface area contributed by atoms with E-state index in [-0.39, 0.29) is 0 Å². The van der Waals surface area contributed by atoms with Gasteiger partial charge in [-0.25, -0.2) is 0 Å². The number of benzene rings is 6. The maximum atomic E-state index is 6.35. The number of nitrogens with zero attached hydrogens (tertiary/aromatic N) is 2. The standard InChI is InChI=1S/C36H20N2O/c1-2-10-21(11-3-1)37-26-15-7-4-12-22(26)32-29(37)20-25-33-28(38-27-16-8-5-13-23(27)35(32)36(25)38)18-19-31-34(33)24-14-6-9-17-30(24)39-31/h1-20H. The summed E-state index contributed by atoms with van der Waals surface area (Å²) < 4.78 is 11.3. The van der Waals surface area contributed by atoms with Crippen LogP contribution in [0.4, 0.5) is 0 Å². The number of hydrogen-bond donors (Lipinski definition) is 0. The molecule has 4 heterocycles. The molecule has 0 spiro atoms. The lowest BCUT2D eigenvalue weighted by Gasteiger charge is -2.08. The van der Waals surface area contributed by atoms with E-state index in [0.29, 0.717) is 0 Å². The summed E-state index contributed by atoms with van der Waals surface area (Å²) in [6.45, 7) is 0. The van der Waals surface area contributed by atoms with Gasteiger partial charge >= 0.3 is 0 Å². The Bertz CT molecular complexity index is 2600. The predicted octanol–water partition coefficient (Wildman–Crippen LogP) is 9.83. The highest BCUT2D eigenvalue weighted by Gasteiger charge is 2.25. The van der Waals surface area contributed by atoms with Crippen LogP contribution in [0.5, 0.6) is 0 Å². The Morgan fingerprint density at radius 1 is 0.410 bits per heavy atom. The topological polar surface area (TPSA) is 22.5 Å². The van der Waals surface area contributed by atoms with Crippen molar-refractivity contribution < 1.29 is 4.42 Å². The minimum atomic E-state index is 0.929. The number of fused-ring (bicyclic) bond motifs is 14. The predicted molar refractivity (Wildman–Crippen MR) is 163 cm³/mol. The van der Waals surface area contributed by atoms with E-state index >= 15 is 0 Å². The lowest BCUT2D eigenvalue weighted by atomic mass is 10.00. The van der Waals surface area contributed by atoms with Crippen LogP contribution < -0.4 is 0 Å². The fourth-order valence-corrected chi connectivity index (χ4v) is 7.17. The molecular formula is C36H20N2O. The second-order valence-corrected chi connectivity index (χ2v) is 10.5. The summed E-state index contributed by atoms with van der Waals surface area (Å²) in [6, 6.07) is 43.6. The van der Waals surface area contributed by atoms with Crippen LogP contribution in [0.25, 0.3) is 87.5 Å². The van der Waals surface area contributed by atoms with Gasteiger partial charge in [-0.3, -0.25) is 0 Å². The summed E-state index contributed by atoms with van der Waals surface area (Å²) in [6.07, 6.45) is 0. The van der Waals surface area contributed by atoms with Crippen LogP contribution in [0.15, 0.2) is 126 Å². The summed E-state index contributed by atoms with van der Waals surface area (Å²) in [5, 5.41) is 10.1. The first-order chi connectivity index (χ1) is 19.4. The molecule has 0 aliphatic carbocycles. The van der Waals surface area contributed by atoms with E-state index < -0.39 is 0 Å². The molecule has 0 N–H and O–H groups in total. The lowest BCUT2D eigenvalue weighted by Crippen LogP contribution is -1.92. The molecule has 0 amide bonds. The monoisotopic (exact) mass is 496 g/mol. The summed E-state index contributed by atoms with van der Waals surface area (Å²) in [7, 11) is 0. The zero-order valence-electron chi connectivity index (χ0n) is 20.8. The van der Waals surface area contributed by atoms with Crippen LogP contribution in [0.1, 0.15) is 0 Å². The van der Waals surface area contributed by atoms with Crippen LogP contribution in [-0.4, -0.2) is 8.97 Å². The molecule has 0 atom stereocenters. The number of rotatable bonds is 1. The maximum absolute atomic E-state index is 6.35. The van der Waals surface area contributed by atoms with Gasteiger partial charge in [0.05, 0.1) is 27.6 Å². The minimum absolute atomic E-state index is 0.929. The molecule has 0 aliphatic rings. The van der Waals surface area contributed by atoms with E-state index in [0.717, 1.165) is 16.6 Å². The highest BCUT2D eigenvalue weighted by molar-refractivity contribution is 6.39. The minimum Gasteiger partial charge on any atom is -0.456 e. The van der Waals surface area contributed by atoms with E-state index in [1.54, 1.807) is 0 Å². The Kier molecular flexibility index (Phi) is 3.44. The van der Waals surface area contributed by atoms with Gasteiger partial charge in [0.2, 0.25) is 0 Å². The summed E-state index contributed by atoms with van der Waals surface area (Å²) in [4.78, 5) is 0. The maximum Gasteiger partial charge on any atom is 0.136 e. The molecule has 0 saturated carbocycles. The van der Waals surface area contributed by atoms with Crippen LogP contribution in [0, 0.1) is 0 Å². The van der Waals surface area contributed by atoms with Crippen LogP contribution in [-0.2, 0) is 0 Å². The third kappa shape index (κ3) is 2.27. The van der Waals surface area contributed by atoms with Gasteiger partial charge in [0, 0.05) is 48.8 Å².